The number of hydrogen-bond acceptors (Lipinski definition) is 2. The third kappa shape index (κ3) is 7.95. The van der Waals surface area contributed by atoms with Crippen LogP contribution < -0.4 is 0 Å². The summed E-state index contributed by atoms with van der Waals surface area (Å²) in [5, 5.41) is 17.5. The van der Waals surface area contributed by atoms with Crippen LogP contribution >= 0.6 is 20.7 Å². The Kier molecular flexibility index (Phi) is 8.46. The summed E-state index contributed by atoms with van der Waals surface area (Å²) < 4.78 is 4.54. The number of aliphatic hydroxyl groups is 2. The molecule has 0 amide bonds. The van der Waals surface area contributed by atoms with E-state index in [-0.39, 0.29) is 20.7 Å². The molecule has 18 heavy (non-hydrogen) atoms. The molecule has 3 heteroatoms. The zero-order chi connectivity index (χ0) is 13.2. The van der Waals surface area contributed by atoms with E-state index < -0.39 is 6.29 Å². The van der Waals surface area contributed by atoms with Crippen molar-refractivity contribution in [3.05, 3.63) is 34.0 Å². The summed E-state index contributed by atoms with van der Waals surface area (Å²) in [7, 11) is 0. The molecule has 0 aromatic carbocycles. The SMILES string of the molecule is CC(/C=C/C=I/C=C/C1CCCCC1)=C\C(O)O. The lowest BCUT2D eigenvalue weighted by Crippen LogP contribution is -2.01. The Balaban J connectivity index is 2.27. The van der Waals surface area contributed by atoms with Crippen molar-refractivity contribution >= 4 is 24.7 Å². The maximum atomic E-state index is 8.74. The highest BCUT2D eigenvalue weighted by atomic mass is 127. The lowest BCUT2D eigenvalue weighted by atomic mass is 9.90. The largest absolute Gasteiger partial charge is 0.365 e. The summed E-state index contributed by atoms with van der Waals surface area (Å²) in [5.74, 6) is 0.821. The van der Waals surface area contributed by atoms with E-state index >= 15 is 0 Å². The van der Waals surface area contributed by atoms with Crippen molar-refractivity contribution in [2.45, 2.75) is 45.3 Å². The van der Waals surface area contributed by atoms with Gasteiger partial charge in [0.25, 0.3) is 0 Å². The fourth-order valence-corrected chi connectivity index (χ4v) is 3.55. The monoisotopic (exact) mass is 362 g/mol. The predicted octanol–water partition coefficient (Wildman–Crippen LogP) is 3.67. The number of hydrogen-bond donors (Lipinski definition) is 2. The quantitative estimate of drug-likeness (QED) is 0.445. The molecule has 0 heterocycles. The molecular formula is C15H23IO2. The average molecular weight is 362 g/mol. The van der Waals surface area contributed by atoms with E-state index in [1.807, 2.05) is 19.1 Å². The molecule has 0 radical (unpaired) electrons. The molecule has 0 aliphatic heterocycles. The first-order valence-corrected chi connectivity index (χ1v) is 9.00. The van der Waals surface area contributed by atoms with E-state index in [1.54, 1.807) is 0 Å². The van der Waals surface area contributed by atoms with Gasteiger partial charge in [-0.25, -0.2) is 0 Å². The summed E-state index contributed by atoms with van der Waals surface area (Å²) in [4.78, 5) is 0. The van der Waals surface area contributed by atoms with E-state index in [0.29, 0.717) is 0 Å². The number of aliphatic hydroxyl groups excluding tert-OH is 1. The van der Waals surface area contributed by atoms with Crippen molar-refractivity contribution in [3.8, 4) is 0 Å². The van der Waals surface area contributed by atoms with Gasteiger partial charge in [0.1, 0.15) is 0 Å². The topological polar surface area (TPSA) is 40.5 Å². The van der Waals surface area contributed by atoms with Crippen LogP contribution in [0.5, 0.6) is 0 Å². The minimum atomic E-state index is -1.35. The molecular weight excluding hydrogens is 339 g/mol. The first-order chi connectivity index (χ1) is 8.68. The summed E-state index contributed by atoms with van der Waals surface area (Å²) in [6.07, 6.45) is 13.3. The number of rotatable bonds is 5. The minimum absolute atomic E-state index is 0.000212. The Labute approximate surface area is 120 Å². The van der Waals surface area contributed by atoms with Gasteiger partial charge in [0.15, 0.2) is 6.29 Å². The van der Waals surface area contributed by atoms with Gasteiger partial charge >= 0.3 is 0 Å². The molecule has 1 rings (SSSR count). The highest BCUT2D eigenvalue weighted by Gasteiger charge is 2.08. The molecule has 0 spiro atoms. The molecule has 1 aliphatic rings. The second-order valence-corrected chi connectivity index (χ2v) is 6.81. The zero-order valence-corrected chi connectivity index (χ0v) is 13.1. The summed E-state index contributed by atoms with van der Waals surface area (Å²) >= 11 is 0.000212. The molecule has 0 atom stereocenters. The predicted molar refractivity (Wildman–Crippen MR) is 86.9 cm³/mol. The Morgan fingerprint density at radius 3 is 2.61 bits per heavy atom. The average Bonchev–Trinajstić information content (AvgIpc) is 2.34. The Morgan fingerprint density at radius 1 is 1.22 bits per heavy atom. The van der Waals surface area contributed by atoms with Crippen molar-refractivity contribution < 1.29 is 10.2 Å². The van der Waals surface area contributed by atoms with E-state index in [1.165, 1.54) is 38.2 Å². The van der Waals surface area contributed by atoms with Gasteiger partial charge in [-0.2, -0.15) is 0 Å². The molecule has 102 valence electrons. The number of halogens is 1. The molecule has 2 nitrogen and oxygen atoms in total. The van der Waals surface area contributed by atoms with Gasteiger partial charge in [-0.05, 0) is 39.9 Å². The van der Waals surface area contributed by atoms with Crippen LogP contribution in [0.3, 0.4) is 0 Å². The van der Waals surface area contributed by atoms with Gasteiger partial charge in [0.2, 0.25) is 0 Å². The molecule has 0 aromatic rings. The van der Waals surface area contributed by atoms with Gasteiger partial charge in [-0.15, -0.1) is 0 Å². The smallest absolute Gasteiger partial charge is 0.171 e. The third-order valence-electron chi connectivity index (χ3n) is 2.98. The molecule has 0 aromatic heterocycles. The molecule has 1 fully saturated rings. The van der Waals surface area contributed by atoms with Crippen LogP contribution in [0.25, 0.3) is 0 Å². The molecule has 2 N–H and O–H groups in total. The van der Waals surface area contributed by atoms with Gasteiger partial charge in [0, 0.05) is 0 Å². The molecule has 0 saturated heterocycles. The molecule has 0 bridgehead atoms. The van der Waals surface area contributed by atoms with E-state index in [4.69, 9.17) is 10.2 Å². The fourth-order valence-electron chi connectivity index (χ4n) is 2.03. The fraction of sp³-hybridized carbons (Fsp3) is 0.533. The number of allylic oxidation sites excluding steroid dienone is 4. The standard InChI is InChI=1S/C15H23IO2/c1-13(12-15(17)18)6-5-10-16-11-9-14-7-3-2-4-8-14/h5-6,9-12,14-15,17-18H,2-4,7-8H2,1H3/b6-5+,11-9+,13-12+. The maximum absolute atomic E-state index is 8.74. The van der Waals surface area contributed by atoms with Crippen LogP contribution in [0, 0.1) is 5.92 Å². The first kappa shape index (κ1) is 15.8. The van der Waals surface area contributed by atoms with Crippen molar-refractivity contribution in [1.82, 2.24) is 0 Å². The van der Waals surface area contributed by atoms with Crippen molar-refractivity contribution in [1.29, 1.82) is 0 Å². The third-order valence-corrected chi connectivity index (χ3v) is 4.64. The lowest BCUT2D eigenvalue weighted by Gasteiger charge is -2.17. The molecule has 1 saturated carbocycles. The highest BCUT2D eigenvalue weighted by Crippen LogP contribution is 2.25. The van der Waals surface area contributed by atoms with Gasteiger partial charge in [-0.1, -0.05) is 63.8 Å². The van der Waals surface area contributed by atoms with Crippen molar-refractivity contribution in [3.63, 3.8) is 0 Å². The van der Waals surface area contributed by atoms with Gasteiger partial charge < -0.3 is 10.2 Å². The van der Waals surface area contributed by atoms with E-state index in [2.05, 4.69) is 14.2 Å². The maximum Gasteiger partial charge on any atom is 0.171 e. The second-order valence-electron chi connectivity index (χ2n) is 4.65. The second kappa shape index (κ2) is 9.64. The van der Waals surface area contributed by atoms with Crippen LogP contribution in [-0.4, -0.2) is 20.5 Å². The van der Waals surface area contributed by atoms with Crippen LogP contribution in [-0.2, 0) is 0 Å². The highest BCUT2D eigenvalue weighted by molar-refractivity contribution is 14.2. The van der Waals surface area contributed by atoms with Crippen LogP contribution in [0.1, 0.15) is 39.0 Å². The summed E-state index contributed by atoms with van der Waals surface area (Å²) in [5.41, 5.74) is 0.876. The molecule has 1 aliphatic carbocycles. The minimum Gasteiger partial charge on any atom is -0.365 e. The van der Waals surface area contributed by atoms with Gasteiger partial charge in [0.05, 0.1) is 0 Å². The van der Waals surface area contributed by atoms with Gasteiger partial charge in [-0.3, -0.25) is 0 Å². The Bertz CT molecular complexity index is 334. The van der Waals surface area contributed by atoms with Crippen LogP contribution in [0.2, 0.25) is 0 Å². The van der Waals surface area contributed by atoms with E-state index in [0.717, 1.165) is 11.5 Å². The first-order valence-electron chi connectivity index (χ1n) is 6.51. The Morgan fingerprint density at radius 2 is 1.94 bits per heavy atom. The summed E-state index contributed by atoms with van der Waals surface area (Å²) in [6.45, 7) is 1.86. The zero-order valence-electron chi connectivity index (χ0n) is 10.9. The van der Waals surface area contributed by atoms with Crippen LogP contribution in [0.4, 0.5) is 0 Å². The van der Waals surface area contributed by atoms with Crippen molar-refractivity contribution in [2.75, 3.05) is 0 Å². The van der Waals surface area contributed by atoms with E-state index in [9.17, 15) is 0 Å². The molecule has 0 unspecified atom stereocenters. The summed E-state index contributed by atoms with van der Waals surface area (Å²) in [6, 6.07) is 0. The van der Waals surface area contributed by atoms with Crippen LogP contribution in [0.15, 0.2) is 34.0 Å². The normalized spacial score (nSPS) is 20.3. The van der Waals surface area contributed by atoms with Crippen molar-refractivity contribution in [2.24, 2.45) is 5.92 Å². The Hall–Kier alpha value is -0.260. The lowest BCUT2D eigenvalue weighted by molar-refractivity contribution is 0.00192.